The van der Waals surface area contributed by atoms with Crippen molar-refractivity contribution in [1.82, 2.24) is 4.90 Å². The number of furan rings is 1. The van der Waals surface area contributed by atoms with Crippen molar-refractivity contribution < 1.29 is 18.7 Å². The maximum Gasteiger partial charge on any atom is 0.244 e. The molecule has 6 heteroatoms. The minimum Gasteiger partial charge on any atom is -0.467 e. The highest BCUT2D eigenvalue weighted by atomic mass is 16.5. The van der Waals surface area contributed by atoms with Crippen molar-refractivity contribution >= 4 is 17.5 Å². The van der Waals surface area contributed by atoms with Crippen LogP contribution in [0.5, 0.6) is 0 Å². The number of amides is 2. The largest absolute Gasteiger partial charge is 0.467 e. The van der Waals surface area contributed by atoms with Gasteiger partial charge in [0.25, 0.3) is 0 Å². The minimum absolute atomic E-state index is 0.0301. The van der Waals surface area contributed by atoms with Crippen LogP contribution in [0.1, 0.15) is 19.1 Å². The number of para-hydroxylation sites is 1. The molecule has 1 saturated heterocycles. The van der Waals surface area contributed by atoms with E-state index in [2.05, 4.69) is 5.32 Å². The molecule has 3 rings (SSSR count). The number of nitrogens with zero attached hydrogens (tertiary/aromatic N) is 1. The van der Waals surface area contributed by atoms with Crippen LogP contribution in [0.2, 0.25) is 0 Å². The van der Waals surface area contributed by atoms with Gasteiger partial charge >= 0.3 is 0 Å². The number of benzene rings is 1. The molecule has 0 radical (unpaired) electrons. The Hall–Kier alpha value is -2.60. The Morgan fingerprint density at radius 2 is 2.00 bits per heavy atom. The Kier molecular flexibility index (Phi) is 5.50. The van der Waals surface area contributed by atoms with E-state index in [1.54, 1.807) is 18.4 Å². The zero-order valence-corrected chi connectivity index (χ0v) is 14.2. The zero-order chi connectivity index (χ0) is 17.6. The Balaban J connectivity index is 1.69. The average Bonchev–Trinajstić information content (AvgIpc) is 3.26. The number of hydrogen-bond donors (Lipinski definition) is 1. The van der Waals surface area contributed by atoms with Gasteiger partial charge in [-0.05, 0) is 37.6 Å². The summed E-state index contributed by atoms with van der Waals surface area (Å²) >= 11 is 0. The maximum absolute atomic E-state index is 12.9. The molecule has 1 aliphatic heterocycles. The van der Waals surface area contributed by atoms with E-state index in [9.17, 15) is 9.59 Å². The zero-order valence-electron chi connectivity index (χ0n) is 14.2. The third kappa shape index (κ3) is 4.48. The van der Waals surface area contributed by atoms with Crippen molar-refractivity contribution in [3.8, 4) is 0 Å². The molecule has 1 aromatic heterocycles. The summed E-state index contributed by atoms with van der Waals surface area (Å²) in [6, 6.07) is 12.8. The molecule has 1 aliphatic rings. The van der Waals surface area contributed by atoms with Gasteiger partial charge < -0.3 is 19.4 Å². The molecule has 2 atom stereocenters. The summed E-state index contributed by atoms with van der Waals surface area (Å²) in [5.74, 6) is 0.106. The van der Waals surface area contributed by atoms with E-state index in [4.69, 9.17) is 9.15 Å². The molecular formula is C19H22N2O4. The van der Waals surface area contributed by atoms with Crippen molar-refractivity contribution in [3.63, 3.8) is 0 Å². The average molecular weight is 342 g/mol. The van der Waals surface area contributed by atoms with Crippen molar-refractivity contribution in [2.75, 3.05) is 18.5 Å². The maximum atomic E-state index is 12.9. The molecule has 1 aromatic carbocycles. The van der Waals surface area contributed by atoms with E-state index in [0.717, 1.165) is 0 Å². The summed E-state index contributed by atoms with van der Waals surface area (Å²) in [5, 5.41) is 2.81. The number of ether oxygens (including phenoxy) is 1. The van der Waals surface area contributed by atoms with Gasteiger partial charge in [0.1, 0.15) is 12.3 Å². The highest BCUT2D eigenvalue weighted by Crippen LogP contribution is 2.23. The first-order chi connectivity index (χ1) is 12.1. The summed E-state index contributed by atoms with van der Waals surface area (Å²) in [6.45, 7) is 2.70. The second-order valence-electron chi connectivity index (χ2n) is 6.16. The van der Waals surface area contributed by atoms with E-state index in [-0.39, 0.29) is 36.9 Å². The molecule has 2 unspecified atom stereocenters. The lowest BCUT2D eigenvalue weighted by Gasteiger charge is -2.25. The third-order valence-corrected chi connectivity index (χ3v) is 4.32. The molecule has 0 bridgehead atoms. The highest BCUT2D eigenvalue weighted by Gasteiger charge is 2.34. The van der Waals surface area contributed by atoms with Gasteiger partial charge in [0, 0.05) is 12.3 Å². The van der Waals surface area contributed by atoms with Crippen molar-refractivity contribution in [3.05, 3.63) is 54.5 Å². The number of rotatable bonds is 6. The predicted octanol–water partition coefficient (Wildman–Crippen LogP) is 2.67. The predicted molar refractivity (Wildman–Crippen MR) is 92.7 cm³/mol. The minimum atomic E-state index is -0.238. The Bertz CT molecular complexity index is 699. The van der Waals surface area contributed by atoms with Crippen LogP contribution in [0.4, 0.5) is 5.69 Å². The molecule has 1 fully saturated rings. The number of anilines is 1. The van der Waals surface area contributed by atoms with Gasteiger partial charge in [-0.2, -0.15) is 0 Å². The molecule has 0 aliphatic carbocycles. The van der Waals surface area contributed by atoms with Gasteiger partial charge in [-0.25, -0.2) is 0 Å². The number of carbonyl (C=O) groups excluding carboxylic acids is 2. The van der Waals surface area contributed by atoms with Gasteiger partial charge in [0.15, 0.2) is 0 Å². The van der Waals surface area contributed by atoms with Gasteiger partial charge in [-0.15, -0.1) is 0 Å². The van der Waals surface area contributed by atoms with Crippen LogP contribution in [-0.4, -0.2) is 36.0 Å². The lowest BCUT2D eigenvalue weighted by atomic mass is 10.0. The molecule has 2 amide bonds. The molecule has 25 heavy (non-hydrogen) atoms. The highest BCUT2D eigenvalue weighted by molar-refractivity contribution is 5.94. The van der Waals surface area contributed by atoms with Gasteiger partial charge in [-0.1, -0.05) is 18.2 Å². The summed E-state index contributed by atoms with van der Waals surface area (Å²) in [5.41, 5.74) is 0.704. The monoisotopic (exact) mass is 342 g/mol. The Morgan fingerprint density at radius 3 is 2.64 bits per heavy atom. The van der Waals surface area contributed by atoms with Crippen LogP contribution >= 0.6 is 0 Å². The molecule has 6 nitrogen and oxygen atoms in total. The molecule has 132 valence electrons. The Labute approximate surface area is 146 Å². The lowest BCUT2D eigenvalue weighted by Crippen LogP contribution is -2.42. The second-order valence-corrected chi connectivity index (χ2v) is 6.16. The van der Waals surface area contributed by atoms with Crippen LogP contribution in [-0.2, 0) is 20.9 Å². The fraction of sp³-hybridized carbons (Fsp3) is 0.368. The SMILES string of the molecule is CC1OCCC1C(=O)N(CC(=O)Nc1ccccc1)Cc1ccco1. The van der Waals surface area contributed by atoms with Crippen LogP contribution in [0, 0.1) is 5.92 Å². The van der Waals surface area contributed by atoms with Crippen LogP contribution in [0.15, 0.2) is 53.1 Å². The van der Waals surface area contributed by atoms with E-state index < -0.39 is 0 Å². The topological polar surface area (TPSA) is 71.8 Å². The van der Waals surface area contributed by atoms with Crippen molar-refractivity contribution in [2.24, 2.45) is 5.92 Å². The molecule has 0 spiro atoms. The standard InChI is InChI=1S/C19H22N2O4/c1-14-17(9-11-24-14)19(23)21(12-16-8-5-10-25-16)13-18(22)20-15-6-3-2-4-7-15/h2-8,10,14,17H,9,11-13H2,1H3,(H,20,22). The van der Waals surface area contributed by atoms with Crippen molar-refractivity contribution in [1.29, 1.82) is 0 Å². The molecule has 0 saturated carbocycles. The molecule has 2 aromatic rings. The quantitative estimate of drug-likeness (QED) is 0.876. The molecule has 2 heterocycles. The first-order valence-electron chi connectivity index (χ1n) is 8.41. The first-order valence-corrected chi connectivity index (χ1v) is 8.41. The van der Waals surface area contributed by atoms with Crippen LogP contribution in [0.25, 0.3) is 0 Å². The summed E-state index contributed by atoms with van der Waals surface area (Å²) in [4.78, 5) is 26.8. The van der Waals surface area contributed by atoms with E-state index in [1.165, 1.54) is 4.90 Å². The third-order valence-electron chi connectivity index (χ3n) is 4.32. The lowest BCUT2D eigenvalue weighted by molar-refractivity contribution is -0.140. The van der Waals surface area contributed by atoms with Crippen LogP contribution < -0.4 is 5.32 Å². The molecule has 1 N–H and O–H groups in total. The van der Waals surface area contributed by atoms with E-state index in [1.807, 2.05) is 37.3 Å². The van der Waals surface area contributed by atoms with E-state index in [0.29, 0.717) is 24.5 Å². The van der Waals surface area contributed by atoms with Gasteiger partial charge in [-0.3, -0.25) is 9.59 Å². The summed E-state index contributed by atoms with van der Waals surface area (Å²) in [7, 11) is 0. The fourth-order valence-corrected chi connectivity index (χ4v) is 2.99. The van der Waals surface area contributed by atoms with Crippen molar-refractivity contribution in [2.45, 2.75) is 26.0 Å². The smallest absolute Gasteiger partial charge is 0.244 e. The molecular weight excluding hydrogens is 320 g/mol. The van der Waals surface area contributed by atoms with Gasteiger partial charge in [0.2, 0.25) is 11.8 Å². The fourth-order valence-electron chi connectivity index (χ4n) is 2.99. The Morgan fingerprint density at radius 1 is 1.20 bits per heavy atom. The first kappa shape index (κ1) is 17.2. The second kappa shape index (κ2) is 7.98. The number of carbonyl (C=O) groups is 2. The number of nitrogens with one attached hydrogen (secondary N) is 1. The van der Waals surface area contributed by atoms with Gasteiger partial charge in [0.05, 0.1) is 24.8 Å². The summed E-state index contributed by atoms with van der Waals surface area (Å²) in [6.07, 6.45) is 2.10. The summed E-state index contributed by atoms with van der Waals surface area (Å²) < 4.78 is 10.8. The normalized spacial score (nSPS) is 19.6. The van der Waals surface area contributed by atoms with Crippen LogP contribution in [0.3, 0.4) is 0 Å². The van der Waals surface area contributed by atoms with E-state index >= 15 is 0 Å². The number of hydrogen-bond acceptors (Lipinski definition) is 4.